The maximum absolute atomic E-state index is 13.2. The van der Waals surface area contributed by atoms with Crippen LogP contribution in [0.4, 0.5) is 18.9 Å². The summed E-state index contributed by atoms with van der Waals surface area (Å²) >= 11 is 0. The summed E-state index contributed by atoms with van der Waals surface area (Å²) in [5.74, 6) is -0.567. The minimum absolute atomic E-state index is 0.0791. The lowest BCUT2D eigenvalue weighted by Crippen LogP contribution is -2.15. The number of benzene rings is 2. The molecule has 0 aliphatic heterocycles. The Morgan fingerprint density at radius 2 is 1.52 bits per heavy atom. The Morgan fingerprint density at radius 1 is 0.960 bits per heavy atom. The van der Waals surface area contributed by atoms with E-state index in [0.717, 1.165) is 18.7 Å². The van der Waals surface area contributed by atoms with Gasteiger partial charge in [0.05, 0.1) is 30.4 Å². The number of anilines is 1. The summed E-state index contributed by atoms with van der Waals surface area (Å²) in [5.41, 5.74) is -0.603. The van der Waals surface area contributed by atoms with Crippen LogP contribution in [0.1, 0.15) is 11.1 Å². The lowest BCUT2D eigenvalue weighted by molar-refractivity contribution is -0.138. The summed E-state index contributed by atoms with van der Waals surface area (Å²) in [5, 5.41) is 0. The average Bonchev–Trinajstić information content (AvgIpc) is 2.53. The molecule has 0 heterocycles. The Hall–Kier alpha value is -2.42. The maximum Gasteiger partial charge on any atom is 0.420 e. The van der Waals surface area contributed by atoms with Crippen molar-refractivity contribution in [3.63, 3.8) is 0 Å². The number of hydrogen-bond donors (Lipinski definition) is 1. The van der Waals surface area contributed by atoms with Crippen molar-refractivity contribution in [2.45, 2.75) is 18.0 Å². The number of sulfonamides is 1. The fraction of sp³-hybridized carbons (Fsp3) is 0.250. The van der Waals surface area contributed by atoms with E-state index in [1.54, 1.807) is 19.1 Å². The zero-order chi connectivity index (χ0) is 18.8. The first-order valence-electron chi connectivity index (χ1n) is 7.01. The van der Waals surface area contributed by atoms with E-state index in [1.807, 2.05) is 0 Å². The van der Waals surface area contributed by atoms with Crippen LogP contribution in [0.15, 0.2) is 41.3 Å². The molecule has 0 atom stereocenters. The quantitative estimate of drug-likeness (QED) is 0.863. The first kappa shape index (κ1) is 18.9. The molecular weight excluding hydrogens is 359 g/mol. The summed E-state index contributed by atoms with van der Waals surface area (Å²) in [7, 11) is -1.79. The number of methoxy groups -OCH3 is 2. The third-order valence-electron chi connectivity index (χ3n) is 3.40. The zero-order valence-corrected chi connectivity index (χ0v) is 14.5. The highest BCUT2D eigenvalue weighted by molar-refractivity contribution is 7.92. The van der Waals surface area contributed by atoms with Crippen molar-refractivity contribution < 1.29 is 31.1 Å². The van der Waals surface area contributed by atoms with Crippen molar-refractivity contribution >= 4 is 15.7 Å². The van der Waals surface area contributed by atoms with Gasteiger partial charge in [-0.05, 0) is 25.1 Å². The largest absolute Gasteiger partial charge is 0.496 e. The van der Waals surface area contributed by atoms with Crippen molar-refractivity contribution in [3.05, 3.63) is 47.5 Å². The second-order valence-corrected chi connectivity index (χ2v) is 6.85. The molecule has 0 fully saturated rings. The van der Waals surface area contributed by atoms with Crippen LogP contribution in [0.3, 0.4) is 0 Å². The first-order valence-corrected chi connectivity index (χ1v) is 8.49. The Labute approximate surface area is 143 Å². The second-order valence-electron chi connectivity index (χ2n) is 5.17. The molecule has 1 N–H and O–H groups in total. The highest BCUT2D eigenvalue weighted by atomic mass is 32.2. The molecule has 0 aliphatic carbocycles. The van der Waals surface area contributed by atoms with Gasteiger partial charge in [-0.1, -0.05) is 17.7 Å². The summed E-state index contributed by atoms with van der Waals surface area (Å²) in [6.45, 7) is 1.78. The molecule has 2 aromatic carbocycles. The van der Waals surface area contributed by atoms with Gasteiger partial charge >= 0.3 is 6.18 Å². The molecule has 5 nitrogen and oxygen atoms in total. The van der Waals surface area contributed by atoms with Gasteiger partial charge in [0.15, 0.2) is 0 Å². The van der Waals surface area contributed by atoms with Gasteiger partial charge < -0.3 is 9.47 Å². The van der Waals surface area contributed by atoms with Crippen molar-refractivity contribution in [3.8, 4) is 11.5 Å². The molecule has 0 aromatic heterocycles. The summed E-state index contributed by atoms with van der Waals surface area (Å²) in [6, 6.07) is 7.51. The molecule has 0 spiro atoms. The highest BCUT2D eigenvalue weighted by Gasteiger charge is 2.36. The van der Waals surface area contributed by atoms with E-state index in [-0.39, 0.29) is 16.3 Å². The monoisotopic (exact) mass is 375 g/mol. The lowest BCUT2D eigenvalue weighted by Gasteiger charge is -2.17. The van der Waals surface area contributed by atoms with Gasteiger partial charge in [-0.2, -0.15) is 13.2 Å². The van der Waals surface area contributed by atoms with Crippen molar-refractivity contribution in [1.29, 1.82) is 0 Å². The molecular formula is C16H16F3NO4S. The standard InChI is InChI=1S/C16H16F3NO4S/c1-10-4-6-11(7-5-10)25(21,22)20-13-8-12(16(17,18)19)14(23-2)9-15(13)24-3/h4-9,20H,1-3H3. The third-order valence-corrected chi connectivity index (χ3v) is 4.78. The molecule has 9 heteroatoms. The van der Waals surface area contributed by atoms with Gasteiger partial charge in [0.1, 0.15) is 11.5 Å². The van der Waals surface area contributed by atoms with Crippen LogP contribution in [0.2, 0.25) is 0 Å². The van der Waals surface area contributed by atoms with Crippen molar-refractivity contribution in [1.82, 2.24) is 0 Å². The van der Waals surface area contributed by atoms with Crippen LogP contribution in [0, 0.1) is 6.92 Å². The van der Waals surface area contributed by atoms with E-state index in [9.17, 15) is 21.6 Å². The van der Waals surface area contributed by atoms with Crippen LogP contribution in [-0.2, 0) is 16.2 Å². The SMILES string of the molecule is COc1cc(OC)c(C(F)(F)F)cc1NS(=O)(=O)c1ccc(C)cc1. The molecule has 0 unspecified atom stereocenters. The molecule has 136 valence electrons. The topological polar surface area (TPSA) is 64.6 Å². The molecule has 0 amide bonds. The summed E-state index contributed by atoms with van der Waals surface area (Å²) in [6.07, 6.45) is -4.72. The van der Waals surface area contributed by atoms with Gasteiger partial charge in [0, 0.05) is 6.07 Å². The summed E-state index contributed by atoms with van der Waals surface area (Å²) in [4.78, 5) is -0.0791. The predicted octanol–water partition coefficient (Wildman–Crippen LogP) is 3.83. The fourth-order valence-corrected chi connectivity index (χ4v) is 3.18. The molecule has 0 aliphatic rings. The van der Waals surface area contributed by atoms with E-state index in [4.69, 9.17) is 9.47 Å². The minimum atomic E-state index is -4.72. The number of hydrogen-bond acceptors (Lipinski definition) is 4. The number of halogens is 3. The summed E-state index contributed by atoms with van der Waals surface area (Å²) < 4.78 is 76.1. The molecule has 0 radical (unpaired) electrons. The van der Waals surface area contributed by atoms with Crippen LogP contribution in [0.25, 0.3) is 0 Å². The van der Waals surface area contributed by atoms with Gasteiger partial charge in [0.25, 0.3) is 10.0 Å². The molecule has 2 rings (SSSR count). The highest BCUT2D eigenvalue weighted by Crippen LogP contribution is 2.42. The van der Waals surface area contributed by atoms with Gasteiger partial charge in [0.2, 0.25) is 0 Å². The fourth-order valence-electron chi connectivity index (χ4n) is 2.12. The average molecular weight is 375 g/mol. The Kier molecular flexibility index (Phi) is 5.17. The number of rotatable bonds is 5. The Bertz CT molecular complexity index is 862. The van der Waals surface area contributed by atoms with E-state index in [2.05, 4.69) is 4.72 Å². The van der Waals surface area contributed by atoms with Crippen molar-refractivity contribution in [2.75, 3.05) is 18.9 Å². The van der Waals surface area contributed by atoms with Gasteiger partial charge in [-0.25, -0.2) is 8.42 Å². The first-order chi connectivity index (χ1) is 11.6. The molecule has 0 saturated carbocycles. The van der Waals surface area contributed by atoms with Crippen LogP contribution in [0.5, 0.6) is 11.5 Å². The molecule has 0 bridgehead atoms. The number of aryl methyl sites for hydroxylation is 1. The Balaban J connectivity index is 2.52. The smallest absolute Gasteiger partial charge is 0.420 e. The zero-order valence-electron chi connectivity index (χ0n) is 13.6. The normalized spacial score (nSPS) is 11.9. The van der Waals surface area contributed by atoms with Gasteiger partial charge in [-0.3, -0.25) is 4.72 Å². The van der Waals surface area contributed by atoms with E-state index in [1.165, 1.54) is 19.2 Å². The number of alkyl halides is 3. The molecule has 0 saturated heterocycles. The van der Waals surface area contributed by atoms with E-state index in [0.29, 0.717) is 6.07 Å². The number of ether oxygens (including phenoxy) is 2. The van der Waals surface area contributed by atoms with E-state index < -0.39 is 27.5 Å². The van der Waals surface area contributed by atoms with Crippen LogP contribution in [-0.4, -0.2) is 22.6 Å². The number of nitrogens with one attached hydrogen (secondary N) is 1. The van der Waals surface area contributed by atoms with E-state index >= 15 is 0 Å². The maximum atomic E-state index is 13.2. The Morgan fingerprint density at radius 3 is 2.00 bits per heavy atom. The third kappa shape index (κ3) is 4.16. The van der Waals surface area contributed by atoms with Crippen LogP contribution < -0.4 is 14.2 Å². The molecule has 25 heavy (non-hydrogen) atoms. The lowest BCUT2D eigenvalue weighted by atomic mass is 10.1. The minimum Gasteiger partial charge on any atom is -0.496 e. The van der Waals surface area contributed by atoms with Gasteiger partial charge in [-0.15, -0.1) is 0 Å². The second kappa shape index (κ2) is 6.83. The van der Waals surface area contributed by atoms with Crippen molar-refractivity contribution in [2.24, 2.45) is 0 Å². The van der Waals surface area contributed by atoms with Crippen LogP contribution >= 0.6 is 0 Å². The predicted molar refractivity (Wildman–Crippen MR) is 86.5 cm³/mol. The molecule has 2 aromatic rings.